The van der Waals surface area contributed by atoms with E-state index < -0.39 is 5.92 Å². The van der Waals surface area contributed by atoms with Gasteiger partial charge in [-0.1, -0.05) is 24.3 Å². The highest BCUT2D eigenvalue weighted by molar-refractivity contribution is 5.89. The Morgan fingerprint density at radius 2 is 1.81 bits per heavy atom. The second-order valence-electron chi connectivity index (χ2n) is 8.27. The van der Waals surface area contributed by atoms with Crippen molar-refractivity contribution in [3.63, 3.8) is 0 Å². The normalized spacial score (nSPS) is 20.8. The van der Waals surface area contributed by atoms with Crippen molar-refractivity contribution >= 4 is 11.7 Å². The zero-order chi connectivity index (χ0) is 21.8. The summed E-state index contributed by atoms with van der Waals surface area (Å²) >= 11 is 0. The van der Waals surface area contributed by atoms with Crippen LogP contribution < -0.4 is 15.4 Å². The van der Waals surface area contributed by atoms with Crippen molar-refractivity contribution in [2.75, 3.05) is 38.6 Å². The SMILES string of the molecule is COc1ccc(CNC(=O)Nc2ccc(CN3CCN4CC(F)(F)CC4C3)cc2)cc1. The molecular formula is C23H28F2N4O2. The topological polar surface area (TPSA) is 56.8 Å². The third-order valence-electron chi connectivity index (χ3n) is 5.89. The van der Waals surface area contributed by atoms with Crippen LogP contribution in [0.3, 0.4) is 0 Å². The molecule has 2 saturated heterocycles. The summed E-state index contributed by atoms with van der Waals surface area (Å²) in [4.78, 5) is 16.3. The van der Waals surface area contributed by atoms with Gasteiger partial charge in [-0.2, -0.15) is 0 Å². The second-order valence-corrected chi connectivity index (χ2v) is 8.27. The highest BCUT2D eigenvalue weighted by atomic mass is 19.3. The van der Waals surface area contributed by atoms with E-state index in [4.69, 9.17) is 4.74 Å². The number of nitrogens with one attached hydrogen (secondary N) is 2. The average molecular weight is 430 g/mol. The predicted molar refractivity (Wildman–Crippen MR) is 115 cm³/mol. The fraction of sp³-hybridized carbons (Fsp3) is 0.435. The minimum absolute atomic E-state index is 0.0437. The molecule has 8 heteroatoms. The van der Waals surface area contributed by atoms with E-state index in [1.165, 1.54) is 0 Å². The van der Waals surface area contributed by atoms with Crippen LogP contribution in [0, 0.1) is 0 Å². The summed E-state index contributed by atoms with van der Waals surface area (Å²) in [5.74, 6) is -1.78. The lowest BCUT2D eigenvalue weighted by molar-refractivity contribution is 0.0119. The molecule has 0 aromatic heterocycles. The van der Waals surface area contributed by atoms with Gasteiger partial charge in [0.15, 0.2) is 0 Å². The molecule has 2 N–H and O–H groups in total. The van der Waals surface area contributed by atoms with Gasteiger partial charge in [0, 0.05) is 50.9 Å². The molecular weight excluding hydrogens is 402 g/mol. The van der Waals surface area contributed by atoms with Crippen LogP contribution in [-0.4, -0.2) is 61.1 Å². The van der Waals surface area contributed by atoms with Crippen LogP contribution in [-0.2, 0) is 13.1 Å². The van der Waals surface area contributed by atoms with Crippen molar-refractivity contribution in [3.05, 3.63) is 59.7 Å². The molecule has 0 radical (unpaired) electrons. The number of carbonyl (C=O) groups excluding carboxylic acids is 1. The number of amides is 2. The molecule has 1 unspecified atom stereocenters. The first-order valence-corrected chi connectivity index (χ1v) is 10.5. The summed E-state index contributed by atoms with van der Waals surface area (Å²) in [6.07, 6.45) is -0.0437. The molecule has 6 nitrogen and oxygen atoms in total. The number of hydrogen-bond acceptors (Lipinski definition) is 4. The van der Waals surface area contributed by atoms with E-state index in [0.717, 1.165) is 30.0 Å². The van der Waals surface area contributed by atoms with E-state index in [1.54, 1.807) is 7.11 Å². The standard InChI is InChI=1S/C23H28F2N4O2/c1-31-21-8-4-17(5-9-21)13-26-22(30)27-19-6-2-18(3-7-19)14-28-10-11-29-16-23(24,25)12-20(29)15-28/h2-9,20H,10-16H2,1H3,(H2,26,27,30). The van der Waals surface area contributed by atoms with Gasteiger partial charge in [0.1, 0.15) is 5.75 Å². The molecule has 2 aliphatic heterocycles. The van der Waals surface area contributed by atoms with E-state index in [-0.39, 0.29) is 25.0 Å². The van der Waals surface area contributed by atoms with Gasteiger partial charge >= 0.3 is 6.03 Å². The van der Waals surface area contributed by atoms with Crippen molar-refractivity contribution in [1.29, 1.82) is 0 Å². The second kappa shape index (κ2) is 9.20. The number of benzene rings is 2. The van der Waals surface area contributed by atoms with E-state index in [2.05, 4.69) is 15.5 Å². The quantitative estimate of drug-likeness (QED) is 0.736. The van der Waals surface area contributed by atoms with Crippen LogP contribution in [0.4, 0.5) is 19.3 Å². The first-order chi connectivity index (χ1) is 14.9. The Balaban J connectivity index is 1.23. The number of anilines is 1. The number of carbonyl (C=O) groups is 1. The summed E-state index contributed by atoms with van der Waals surface area (Å²) in [6.45, 7) is 3.18. The van der Waals surface area contributed by atoms with Gasteiger partial charge in [0.25, 0.3) is 5.92 Å². The Bertz CT molecular complexity index is 889. The van der Waals surface area contributed by atoms with Crippen molar-refractivity contribution in [1.82, 2.24) is 15.1 Å². The summed E-state index contributed by atoms with van der Waals surface area (Å²) in [5, 5.41) is 5.65. The lowest BCUT2D eigenvalue weighted by Crippen LogP contribution is -2.49. The highest BCUT2D eigenvalue weighted by Gasteiger charge is 2.46. The summed E-state index contributed by atoms with van der Waals surface area (Å²) < 4.78 is 32.4. The summed E-state index contributed by atoms with van der Waals surface area (Å²) in [6, 6.07) is 14.8. The smallest absolute Gasteiger partial charge is 0.319 e. The molecule has 2 heterocycles. The lowest BCUT2D eigenvalue weighted by atomic mass is 10.1. The van der Waals surface area contributed by atoms with E-state index >= 15 is 0 Å². The van der Waals surface area contributed by atoms with E-state index in [0.29, 0.717) is 25.3 Å². The van der Waals surface area contributed by atoms with Crippen molar-refractivity contribution in [3.8, 4) is 5.75 Å². The van der Waals surface area contributed by atoms with Crippen molar-refractivity contribution in [2.45, 2.75) is 31.5 Å². The molecule has 0 bridgehead atoms. The third-order valence-corrected chi connectivity index (χ3v) is 5.89. The molecule has 0 saturated carbocycles. The Labute approximate surface area is 181 Å². The molecule has 2 amide bonds. The number of urea groups is 1. The number of nitrogens with zero attached hydrogens (tertiary/aromatic N) is 2. The maximum absolute atomic E-state index is 13.6. The zero-order valence-electron chi connectivity index (χ0n) is 17.6. The Morgan fingerprint density at radius 3 is 2.52 bits per heavy atom. The van der Waals surface area contributed by atoms with Gasteiger partial charge in [-0.15, -0.1) is 0 Å². The van der Waals surface area contributed by atoms with Crippen LogP contribution in [0.25, 0.3) is 0 Å². The highest BCUT2D eigenvalue weighted by Crippen LogP contribution is 2.34. The first-order valence-electron chi connectivity index (χ1n) is 10.5. The molecule has 2 aromatic rings. The molecule has 2 aliphatic rings. The van der Waals surface area contributed by atoms with Crippen molar-refractivity contribution < 1.29 is 18.3 Å². The molecule has 0 aliphatic carbocycles. The number of ether oxygens (including phenoxy) is 1. The summed E-state index contributed by atoms with van der Waals surface area (Å²) in [7, 11) is 1.61. The Morgan fingerprint density at radius 1 is 1.10 bits per heavy atom. The van der Waals surface area contributed by atoms with Gasteiger partial charge in [0.2, 0.25) is 0 Å². The molecule has 0 spiro atoms. The number of hydrogen-bond donors (Lipinski definition) is 2. The van der Waals surface area contributed by atoms with Gasteiger partial charge in [-0.25, -0.2) is 13.6 Å². The number of alkyl halides is 2. The lowest BCUT2D eigenvalue weighted by Gasteiger charge is -2.36. The number of methoxy groups -OCH3 is 1. The van der Waals surface area contributed by atoms with Gasteiger partial charge < -0.3 is 15.4 Å². The monoisotopic (exact) mass is 430 g/mol. The van der Waals surface area contributed by atoms with E-state index in [9.17, 15) is 13.6 Å². The number of fused-ring (bicyclic) bond motifs is 1. The summed E-state index contributed by atoms with van der Waals surface area (Å²) in [5.41, 5.74) is 2.78. The largest absolute Gasteiger partial charge is 0.497 e. The fourth-order valence-electron chi connectivity index (χ4n) is 4.26. The molecule has 166 valence electrons. The molecule has 4 rings (SSSR count). The Hall–Kier alpha value is -2.71. The predicted octanol–water partition coefficient (Wildman–Crippen LogP) is 3.54. The minimum atomic E-state index is -2.55. The van der Waals surface area contributed by atoms with Crippen LogP contribution >= 0.6 is 0 Å². The van der Waals surface area contributed by atoms with E-state index in [1.807, 2.05) is 53.4 Å². The zero-order valence-corrected chi connectivity index (χ0v) is 17.6. The number of halogens is 2. The van der Waals surface area contributed by atoms with Crippen LogP contribution in [0.1, 0.15) is 17.5 Å². The maximum Gasteiger partial charge on any atom is 0.319 e. The minimum Gasteiger partial charge on any atom is -0.497 e. The molecule has 2 fully saturated rings. The van der Waals surface area contributed by atoms with Crippen LogP contribution in [0.5, 0.6) is 5.75 Å². The first kappa shape index (κ1) is 21.5. The number of rotatable bonds is 6. The molecule has 31 heavy (non-hydrogen) atoms. The average Bonchev–Trinajstić information content (AvgIpc) is 3.07. The van der Waals surface area contributed by atoms with Crippen molar-refractivity contribution in [2.24, 2.45) is 0 Å². The van der Waals surface area contributed by atoms with Crippen LogP contribution in [0.15, 0.2) is 48.5 Å². The maximum atomic E-state index is 13.6. The van der Waals surface area contributed by atoms with Gasteiger partial charge in [-0.3, -0.25) is 9.80 Å². The molecule has 1 atom stereocenters. The fourth-order valence-corrected chi connectivity index (χ4v) is 4.26. The molecule has 2 aromatic carbocycles. The van der Waals surface area contributed by atoms with Gasteiger partial charge in [0.05, 0.1) is 13.7 Å². The third kappa shape index (κ3) is 5.71. The Kier molecular flexibility index (Phi) is 6.38. The number of piperazine rings is 1. The van der Waals surface area contributed by atoms with Crippen LogP contribution in [0.2, 0.25) is 0 Å². The van der Waals surface area contributed by atoms with Gasteiger partial charge in [-0.05, 0) is 35.4 Å².